The zero-order valence-electron chi connectivity index (χ0n) is 14.4. The van der Waals surface area contributed by atoms with E-state index in [1.54, 1.807) is 24.5 Å². The van der Waals surface area contributed by atoms with Gasteiger partial charge in [-0.2, -0.15) is 0 Å². The summed E-state index contributed by atoms with van der Waals surface area (Å²) in [6, 6.07) is 19.7. The number of halogens is 1. The van der Waals surface area contributed by atoms with E-state index < -0.39 is 6.10 Å². The molecule has 0 saturated heterocycles. The lowest BCUT2D eigenvalue weighted by Gasteiger charge is -2.24. The van der Waals surface area contributed by atoms with Gasteiger partial charge in [-0.3, -0.25) is 4.90 Å². The number of hydrogen-bond donors (Lipinski definition) is 1. The molecule has 3 aromatic rings. The highest BCUT2D eigenvalue weighted by Crippen LogP contribution is 2.15. The number of rotatable bonds is 9. The first-order valence-corrected chi connectivity index (χ1v) is 8.55. The van der Waals surface area contributed by atoms with Crippen LogP contribution in [0.3, 0.4) is 0 Å². The van der Waals surface area contributed by atoms with E-state index in [0.29, 0.717) is 30.9 Å². The molecule has 0 aliphatic heterocycles. The van der Waals surface area contributed by atoms with Gasteiger partial charge in [0.15, 0.2) is 0 Å². The Labute approximate surface area is 152 Å². The van der Waals surface area contributed by atoms with Gasteiger partial charge in [-0.05, 0) is 30.3 Å². The predicted molar refractivity (Wildman–Crippen MR) is 97.2 cm³/mol. The molecule has 0 saturated carbocycles. The van der Waals surface area contributed by atoms with Crippen LogP contribution in [0.1, 0.15) is 11.3 Å². The van der Waals surface area contributed by atoms with Crippen molar-refractivity contribution in [2.45, 2.75) is 19.2 Å². The molecule has 0 aliphatic rings. The van der Waals surface area contributed by atoms with E-state index in [2.05, 4.69) is 0 Å². The van der Waals surface area contributed by atoms with E-state index >= 15 is 0 Å². The second-order valence-electron chi connectivity index (χ2n) is 6.12. The smallest absolute Gasteiger partial charge is 0.127 e. The van der Waals surface area contributed by atoms with Crippen molar-refractivity contribution in [3.05, 3.63) is 90.1 Å². The van der Waals surface area contributed by atoms with E-state index in [9.17, 15) is 9.50 Å². The number of furan rings is 1. The number of aliphatic hydroxyl groups is 1. The minimum absolute atomic E-state index is 0.163. The molecule has 0 aliphatic carbocycles. The molecule has 0 radical (unpaired) electrons. The molecular formula is C21H22FNO3. The topological polar surface area (TPSA) is 45.8 Å². The lowest BCUT2D eigenvalue weighted by atomic mass is 10.2. The van der Waals surface area contributed by atoms with Crippen LogP contribution in [0.5, 0.6) is 5.75 Å². The summed E-state index contributed by atoms with van der Waals surface area (Å²) in [5.41, 5.74) is 0.579. The van der Waals surface area contributed by atoms with Crippen molar-refractivity contribution in [3.8, 4) is 5.75 Å². The highest BCUT2D eigenvalue weighted by molar-refractivity contribution is 5.21. The number of nitrogens with zero attached hydrogens (tertiary/aromatic N) is 1. The van der Waals surface area contributed by atoms with Gasteiger partial charge in [0.1, 0.15) is 30.0 Å². The third-order valence-electron chi connectivity index (χ3n) is 3.97. The van der Waals surface area contributed by atoms with Crippen molar-refractivity contribution in [1.82, 2.24) is 4.90 Å². The van der Waals surface area contributed by atoms with Gasteiger partial charge < -0.3 is 14.3 Å². The molecule has 1 atom stereocenters. The highest BCUT2D eigenvalue weighted by atomic mass is 19.1. The number of benzene rings is 2. The van der Waals surface area contributed by atoms with Gasteiger partial charge >= 0.3 is 0 Å². The zero-order chi connectivity index (χ0) is 18.2. The fourth-order valence-electron chi connectivity index (χ4n) is 2.74. The van der Waals surface area contributed by atoms with Crippen molar-refractivity contribution in [3.63, 3.8) is 0 Å². The fourth-order valence-corrected chi connectivity index (χ4v) is 2.74. The average molecular weight is 355 g/mol. The van der Waals surface area contributed by atoms with Gasteiger partial charge in [0.2, 0.25) is 0 Å². The number of ether oxygens (including phenoxy) is 1. The molecule has 1 heterocycles. The Morgan fingerprint density at radius 2 is 1.73 bits per heavy atom. The maximum absolute atomic E-state index is 14.0. The summed E-state index contributed by atoms with van der Waals surface area (Å²) >= 11 is 0. The molecule has 3 rings (SSSR count). The van der Waals surface area contributed by atoms with Crippen molar-refractivity contribution >= 4 is 0 Å². The first-order valence-electron chi connectivity index (χ1n) is 8.55. The van der Waals surface area contributed by atoms with Crippen molar-refractivity contribution in [2.24, 2.45) is 0 Å². The minimum atomic E-state index is -0.711. The van der Waals surface area contributed by atoms with Gasteiger partial charge in [0.05, 0.1) is 12.8 Å². The average Bonchev–Trinajstić information content (AvgIpc) is 3.16. The monoisotopic (exact) mass is 355 g/mol. The normalized spacial score (nSPS) is 12.3. The van der Waals surface area contributed by atoms with Crippen LogP contribution in [-0.2, 0) is 13.1 Å². The van der Waals surface area contributed by atoms with Crippen LogP contribution in [0.4, 0.5) is 4.39 Å². The van der Waals surface area contributed by atoms with Gasteiger partial charge in [-0.25, -0.2) is 4.39 Å². The first kappa shape index (κ1) is 18.2. The highest BCUT2D eigenvalue weighted by Gasteiger charge is 2.16. The Hall–Kier alpha value is -2.63. The number of para-hydroxylation sites is 1. The molecule has 0 amide bonds. The summed E-state index contributed by atoms with van der Waals surface area (Å²) in [5.74, 6) is 1.21. The van der Waals surface area contributed by atoms with Crippen LogP contribution < -0.4 is 4.74 Å². The Balaban J connectivity index is 1.61. The Kier molecular flexibility index (Phi) is 6.41. The van der Waals surface area contributed by atoms with Crippen LogP contribution in [0.2, 0.25) is 0 Å². The van der Waals surface area contributed by atoms with Crippen LogP contribution in [0, 0.1) is 5.82 Å². The van der Waals surface area contributed by atoms with Crippen molar-refractivity contribution in [1.29, 1.82) is 0 Å². The molecule has 0 spiro atoms. The fraction of sp³-hybridized carbons (Fsp3) is 0.238. The molecule has 5 heteroatoms. The third kappa shape index (κ3) is 5.44. The summed E-state index contributed by atoms with van der Waals surface area (Å²) in [4.78, 5) is 1.94. The summed E-state index contributed by atoms with van der Waals surface area (Å²) < 4.78 is 25.0. The maximum atomic E-state index is 14.0. The van der Waals surface area contributed by atoms with E-state index in [-0.39, 0.29) is 12.4 Å². The largest absolute Gasteiger partial charge is 0.491 e. The minimum Gasteiger partial charge on any atom is -0.491 e. The Bertz CT molecular complexity index is 777. The van der Waals surface area contributed by atoms with Gasteiger partial charge in [-0.1, -0.05) is 36.4 Å². The molecule has 1 aromatic heterocycles. The maximum Gasteiger partial charge on any atom is 0.127 e. The van der Waals surface area contributed by atoms with Gasteiger partial charge in [0, 0.05) is 18.7 Å². The molecule has 2 aromatic carbocycles. The Morgan fingerprint density at radius 1 is 0.962 bits per heavy atom. The molecule has 26 heavy (non-hydrogen) atoms. The SMILES string of the molecule is OC(COc1ccccc1)CN(Cc1ccco1)Cc1ccccc1F. The molecular weight excluding hydrogens is 333 g/mol. The van der Waals surface area contributed by atoms with Gasteiger partial charge in [-0.15, -0.1) is 0 Å². The van der Waals surface area contributed by atoms with Crippen molar-refractivity contribution in [2.75, 3.05) is 13.2 Å². The molecule has 0 fully saturated rings. The first-order chi connectivity index (χ1) is 12.7. The lowest BCUT2D eigenvalue weighted by molar-refractivity contribution is 0.0601. The summed E-state index contributed by atoms with van der Waals surface area (Å²) in [6.07, 6.45) is 0.892. The Morgan fingerprint density at radius 3 is 2.46 bits per heavy atom. The summed E-state index contributed by atoms with van der Waals surface area (Å²) in [5, 5.41) is 10.4. The van der Waals surface area contributed by atoms with Crippen LogP contribution in [0.25, 0.3) is 0 Å². The summed E-state index contributed by atoms with van der Waals surface area (Å²) in [6.45, 7) is 1.34. The standard InChI is InChI=1S/C21H22FNO3/c22-21-11-5-4-7-17(21)13-23(15-20-10-6-12-25-20)14-18(24)16-26-19-8-2-1-3-9-19/h1-12,18,24H,13-16H2. The third-order valence-corrected chi connectivity index (χ3v) is 3.97. The van der Waals surface area contributed by atoms with Crippen LogP contribution in [-0.4, -0.2) is 29.3 Å². The number of aliphatic hydroxyl groups excluding tert-OH is 1. The molecule has 1 unspecified atom stereocenters. The molecule has 1 N–H and O–H groups in total. The van der Waals surface area contributed by atoms with E-state index in [1.807, 2.05) is 47.4 Å². The van der Waals surface area contributed by atoms with E-state index in [1.165, 1.54) is 6.07 Å². The van der Waals surface area contributed by atoms with Gasteiger partial charge in [0.25, 0.3) is 0 Å². The molecule has 4 nitrogen and oxygen atoms in total. The lowest BCUT2D eigenvalue weighted by Crippen LogP contribution is -2.35. The zero-order valence-corrected chi connectivity index (χ0v) is 14.4. The summed E-state index contributed by atoms with van der Waals surface area (Å²) in [7, 11) is 0. The number of hydrogen-bond acceptors (Lipinski definition) is 4. The molecule has 0 bridgehead atoms. The second kappa shape index (κ2) is 9.17. The van der Waals surface area contributed by atoms with E-state index in [0.717, 1.165) is 5.76 Å². The van der Waals surface area contributed by atoms with E-state index in [4.69, 9.17) is 9.15 Å². The predicted octanol–water partition coefficient (Wildman–Crippen LogP) is 3.86. The van der Waals surface area contributed by atoms with Crippen LogP contribution >= 0.6 is 0 Å². The molecule has 136 valence electrons. The van der Waals surface area contributed by atoms with Crippen LogP contribution in [0.15, 0.2) is 77.4 Å². The van der Waals surface area contributed by atoms with Crippen molar-refractivity contribution < 1.29 is 18.7 Å². The quantitative estimate of drug-likeness (QED) is 0.633. The second-order valence-corrected chi connectivity index (χ2v) is 6.12.